The summed E-state index contributed by atoms with van der Waals surface area (Å²) in [5.41, 5.74) is -3.73. The van der Waals surface area contributed by atoms with E-state index in [1.165, 1.54) is 7.11 Å². The van der Waals surface area contributed by atoms with Crippen molar-refractivity contribution in [1.29, 1.82) is 5.26 Å². The number of nitrogens with zero attached hydrogens (tertiary/aromatic N) is 1. The van der Waals surface area contributed by atoms with Gasteiger partial charge in [0.05, 0.1) is 23.7 Å². The Hall–Kier alpha value is -2.26. The van der Waals surface area contributed by atoms with Crippen LogP contribution in [0.4, 0.5) is 0 Å². The van der Waals surface area contributed by atoms with Crippen LogP contribution >= 0.6 is 0 Å². The fourth-order valence-electron chi connectivity index (χ4n) is 10.1. The van der Waals surface area contributed by atoms with Crippen molar-refractivity contribution in [3.63, 3.8) is 0 Å². The van der Waals surface area contributed by atoms with E-state index in [1.54, 1.807) is 6.08 Å². The lowest BCUT2D eigenvalue weighted by Gasteiger charge is -2.70. The van der Waals surface area contributed by atoms with E-state index in [9.17, 15) is 19.6 Å². The highest BCUT2D eigenvalue weighted by Crippen LogP contribution is 2.75. The Labute approximate surface area is 227 Å². The van der Waals surface area contributed by atoms with Gasteiger partial charge >= 0.3 is 5.97 Å². The average Bonchev–Trinajstić information content (AvgIpc) is 2.90. The zero-order valence-corrected chi connectivity index (χ0v) is 24.5. The minimum atomic E-state index is -1.19. The van der Waals surface area contributed by atoms with Gasteiger partial charge in [-0.3, -0.25) is 14.4 Å². The van der Waals surface area contributed by atoms with Crippen molar-refractivity contribution in [1.82, 2.24) is 0 Å². The van der Waals surface area contributed by atoms with E-state index >= 15 is 0 Å². The monoisotopic (exact) mass is 521 g/mol. The summed E-state index contributed by atoms with van der Waals surface area (Å²) in [6, 6.07) is 2.16. The summed E-state index contributed by atoms with van der Waals surface area (Å²) in [6.45, 7) is 16.6. The molecule has 0 aromatic rings. The molecule has 2 bridgehead atoms. The van der Waals surface area contributed by atoms with Crippen molar-refractivity contribution >= 4 is 17.5 Å². The summed E-state index contributed by atoms with van der Waals surface area (Å²) in [5, 5.41) is 9.90. The molecule has 206 valence electrons. The highest BCUT2D eigenvalue weighted by atomic mass is 16.5. The Bertz CT molecular complexity index is 1250. The minimum absolute atomic E-state index is 0.0222. The van der Waals surface area contributed by atoms with Crippen LogP contribution in [-0.4, -0.2) is 35.8 Å². The molecule has 5 aliphatic rings. The molecular formula is C32H43NO5. The number of hydrogen-bond donors (Lipinski definition) is 0. The topological polar surface area (TPSA) is 93.5 Å². The molecule has 0 radical (unpaired) electrons. The third-order valence-corrected chi connectivity index (χ3v) is 12.5. The van der Waals surface area contributed by atoms with Crippen LogP contribution in [0.15, 0.2) is 23.3 Å². The van der Waals surface area contributed by atoms with E-state index < -0.39 is 38.3 Å². The third kappa shape index (κ3) is 2.85. The Kier molecular flexibility index (Phi) is 5.52. The number of carbonyl (C=O) groups excluding carboxylic acids is 3. The summed E-state index contributed by atoms with van der Waals surface area (Å²) in [5.74, 6) is -0.840. The molecule has 0 N–H and O–H groups in total. The standard InChI is InChI=1S/C32H43NO5/c1-19-31(25(36)37-9)14-12-26(2,3)38-32(19)23(34)16-22-28(6)17-20(18-33)24(35)27(4,5)21(28)10-11-29(22,7)30(32,8)13-15-31/h16-17,19,21H,10-15H2,1-9H3. The Morgan fingerprint density at radius 3 is 2.26 bits per heavy atom. The van der Waals surface area contributed by atoms with Crippen molar-refractivity contribution in [2.75, 3.05) is 7.11 Å². The summed E-state index contributed by atoms with van der Waals surface area (Å²) < 4.78 is 12.5. The molecule has 6 heteroatoms. The highest BCUT2D eigenvalue weighted by molar-refractivity contribution is 6.05. The molecule has 38 heavy (non-hydrogen) atoms. The molecule has 1 saturated heterocycles. The van der Waals surface area contributed by atoms with Gasteiger partial charge in [0.2, 0.25) is 0 Å². The number of allylic oxidation sites excluding steroid dienone is 3. The second kappa shape index (κ2) is 7.68. The van der Waals surface area contributed by atoms with Crippen LogP contribution in [-0.2, 0) is 23.9 Å². The number of esters is 1. The summed E-state index contributed by atoms with van der Waals surface area (Å²) in [4.78, 5) is 41.5. The molecule has 1 spiro atoms. The second-order valence-corrected chi connectivity index (χ2v) is 14.6. The second-order valence-electron chi connectivity index (χ2n) is 14.6. The van der Waals surface area contributed by atoms with Gasteiger partial charge in [0.1, 0.15) is 11.7 Å². The number of ketones is 2. The molecule has 1 aliphatic heterocycles. The zero-order valence-electron chi connectivity index (χ0n) is 24.5. The largest absolute Gasteiger partial charge is 0.469 e. The molecule has 7 unspecified atom stereocenters. The fourth-order valence-corrected chi connectivity index (χ4v) is 10.1. The van der Waals surface area contributed by atoms with E-state index in [0.717, 1.165) is 18.4 Å². The van der Waals surface area contributed by atoms with Gasteiger partial charge in [0.15, 0.2) is 11.6 Å². The number of Topliss-reactive ketones (excluding diaryl/α,β-unsaturated/α-hetero) is 1. The molecule has 0 aromatic carbocycles. The normalized spacial score (nSPS) is 46.7. The number of nitriles is 1. The Morgan fingerprint density at radius 1 is 1.03 bits per heavy atom. The first-order chi connectivity index (χ1) is 17.4. The predicted octanol–water partition coefficient (Wildman–Crippen LogP) is 5.90. The highest BCUT2D eigenvalue weighted by Gasteiger charge is 2.77. The van der Waals surface area contributed by atoms with Crippen LogP contribution in [0.5, 0.6) is 0 Å². The maximum absolute atomic E-state index is 14.8. The maximum Gasteiger partial charge on any atom is 0.312 e. The maximum atomic E-state index is 14.8. The smallest absolute Gasteiger partial charge is 0.312 e. The van der Waals surface area contributed by atoms with Gasteiger partial charge in [-0.15, -0.1) is 0 Å². The number of carbonyl (C=O) groups is 3. The van der Waals surface area contributed by atoms with Crippen molar-refractivity contribution in [3.05, 3.63) is 23.3 Å². The van der Waals surface area contributed by atoms with Gasteiger partial charge in [-0.1, -0.05) is 47.6 Å². The number of hydrogen-bond acceptors (Lipinski definition) is 6. The van der Waals surface area contributed by atoms with Gasteiger partial charge in [0.25, 0.3) is 0 Å². The van der Waals surface area contributed by atoms with Crippen LogP contribution in [0.1, 0.15) is 93.9 Å². The van der Waals surface area contributed by atoms with E-state index in [4.69, 9.17) is 9.47 Å². The van der Waals surface area contributed by atoms with Gasteiger partial charge in [0, 0.05) is 22.2 Å². The van der Waals surface area contributed by atoms with Crippen LogP contribution in [0.3, 0.4) is 0 Å². The molecule has 0 amide bonds. The Morgan fingerprint density at radius 2 is 1.66 bits per heavy atom. The first-order valence-electron chi connectivity index (χ1n) is 14.2. The van der Waals surface area contributed by atoms with E-state index in [0.29, 0.717) is 25.7 Å². The molecule has 3 fully saturated rings. The lowest BCUT2D eigenvalue weighted by molar-refractivity contribution is -0.265. The van der Waals surface area contributed by atoms with Gasteiger partial charge in [-0.05, 0) is 75.4 Å². The van der Waals surface area contributed by atoms with Crippen LogP contribution in [0.2, 0.25) is 0 Å². The van der Waals surface area contributed by atoms with Crippen LogP contribution in [0.25, 0.3) is 0 Å². The Balaban J connectivity index is 1.80. The summed E-state index contributed by atoms with van der Waals surface area (Å²) >= 11 is 0. The van der Waals surface area contributed by atoms with Crippen molar-refractivity contribution < 1.29 is 23.9 Å². The molecular weight excluding hydrogens is 478 g/mol. The fraction of sp³-hybridized carbons (Fsp3) is 0.750. The number of methoxy groups -OCH3 is 1. The van der Waals surface area contributed by atoms with Crippen LogP contribution in [0, 0.1) is 50.2 Å². The SMILES string of the molecule is COC(=O)C12CCC(C)(C)OC3(C(=O)C=C4C5(C)C=C(C#N)C(=O)C(C)(C)C5CCC4(C)C3(C)CC1)C2C. The third-order valence-electron chi connectivity index (χ3n) is 12.5. The molecule has 4 aliphatic carbocycles. The quantitative estimate of drug-likeness (QED) is 0.399. The molecule has 7 atom stereocenters. The van der Waals surface area contributed by atoms with E-state index in [1.807, 2.05) is 40.7 Å². The first kappa shape index (κ1) is 27.3. The number of fused-ring (bicyclic) bond motifs is 5. The van der Waals surface area contributed by atoms with E-state index in [2.05, 4.69) is 26.8 Å². The van der Waals surface area contributed by atoms with Gasteiger partial charge < -0.3 is 9.47 Å². The number of ether oxygens (including phenoxy) is 2. The van der Waals surface area contributed by atoms with Crippen LogP contribution < -0.4 is 0 Å². The molecule has 5 rings (SSSR count). The lowest BCUT2D eigenvalue weighted by Crippen LogP contribution is -2.74. The number of rotatable bonds is 1. The first-order valence-corrected chi connectivity index (χ1v) is 14.2. The molecule has 6 nitrogen and oxygen atoms in total. The van der Waals surface area contributed by atoms with Gasteiger partial charge in [-0.25, -0.2) is 0 Å². The van der Waals surface area contributed by atoms with Crippen molar-refractivity contribution in [2.24, 2.45) is 38.9 Å². The summed E-state index contributed by atoms with van der Waals surface area (Å²) in [7, 11) is 1.44. The molecule has 0 aromatic heterocycles. The predicted molar refractivity (Wildman–Crippen MR) is 143 cm³/mol. The zero-order chi connectivity index (χ0) is 28.3. The summed E-state index contributed by atoms with van der Waals surface area (Å²) in [6.07, 6.45) is 7.84. The van der Waals surface area contributed by atoms with Crippen molar-refractivity contribution in [2.45, 2.75) is 105 Å². The molecule has 2 saturated carbocycles. The molecule has 1 heterocycles. The lowest BCUT2D eigenvalue weighted by atomic mass is 9.34. The van der Waals surface area contributed by atoms with Crippen molar-refractivity contribution in [3.8, 4) is 6.07 Å². The average molecular weight is 522 g/mol. The minimum Gasteiger partial charge on any atom is -0.469 e. The van der Waals surface area contributed by atoms with Gasteiger partial charge in [-0.2, -0.15) is 5.26 Å². The van der Waals surface area contributed by atoms with E-state index in [-0.39, 0.29) is 34.9 Å².